The molecular weight excluding hydrogens is 519 g/mol. The number of alkyl halides is 1. The number of halogens is 3. The number of aromatic amines is 1. The fourth-order valence-corrected chi connectivity index (χ4v) is 5.09. The summed E-state index contributed by atoms with van der Waals surface area (Å²) in [6.45, 7) is 1.11. The second-order valence-corrected chi connectivity index (χ2v) is 9.94. The second-order valence-electron chi connectivity index (χ2n) is 8.69. The molecule has 1 N–H and O–H groups in total. The third kappa shape index (κ3) is 5.29. The van der Waals surface area contributed by atoms with Crippen molar-refractivity contribution in [1.29, 1.82) is 0 Å². The molecule has 36 heavy (non-hydrogen) atoms. The van der Waals surface area contributed by atoms with Gasteiger partial charge < -0.3 is 14.5 Å². The number of unbranched alkanes of at least 4 members (excludes halogenated alkanes) is 1. The van der Waals surface area contributed by atoms with Gasteiger partial charge >= 0.3 is 6.09 Å². The van der Waals surface area contributed by atoms with Crippen molar-refractivity contribution in [2.24, 2.45) is 0 Å². The molecule has 1 amide bonds. The van der Waals surface area contributed by atoms with Crippen molar-refractivity contribution in [3.8, 4) is 11.5 Å². The first kappa shape index (κ1) is 24.8. The van der Waals surface area contributed by atoms with Gasteiger partial charge in [0.15, 0.2) is 0 Å². The van der Waals surface area contributed by atoms with Crippen molar-refractivity contribution in [3.05, 3.63) is 93.6 Å². The van der Waals surface area contributed by atoms with Crippen molar-refractivity contribution in [2.75, 3.05) is 19.0 Å². The van der Waals surface area contributed by atoms with E-state index in [9.17, 15) is 4.79 Å². The monoisotopic (exact) mass is 542 g/mol. The molecule has 5 nitrogen and oxygen atoms in total. The van der Waals surface area contributed by atoms with Crippen molar-refractivity contribution in [1.82, 2.24) is 9.88 Å². The van der Waals surface area contributed by atoms with E-state index in [1.54, 1.807) is 29.2 Å². The van der Waals surface area contributed by atoms with E-state index in [0.29, 0.717) is 41.2 Å². The normalized spacial score (nSPS) is 15.1. The molecule has 1 aliphatic rings. The molecule has 5 rings (SSSR count). The lowest BCUT2D eigenvalue weighted by atomic mass is 9.92. The van der Waals surface area contributed by atoms with Gasteiger partial charge in [-0.15, -0.1) is 11.6 Å². The van der Waals surface area contributed by atoms with Gasteiger partial charge in [-0.2, -0.15) is 0 Å². The Balaban J connectivity index is 1.47. The Kier molecular flexibility index (Phi) is 7.61. The quantitative estimate of drug-likeness (QED) is 0.190. The summed E-state index contributed by atoms with van der Waals surface area (Å²) in [5, 5.41) is 2.34. The predicted molar refractivity (Wildman–Crippen MR) is 145 cm³/mol. The van der Waals surface area contributed by atoms with Crippen LogP contribution >= 0.6 is 34.8 Å². The van der Waals surface area contributed by atoms with E-state index in [1.165, 1.54) is 0 Å². The third-order valence-corrected chi connectivity index (χ3v) is 7.09. The fraction of sp³-hybridized carbons (Fsp3) is 0.250. The number of hydrogen-bond donors (Lipinski definition) is 1. The van der Waals surface area contributed by atoms with E-state index in [4.69, 9.17) is 44.3 Å². The average Bonchev–Trinajstić information content (AvgIpc) is 3.25. The minimum Gasteiger partial charge on any atom is -0.494 e. The van der Waals surface area contributed by atoms with Crippen molar-refractivity contribution in [3.63, 3.8) is 0 Å². The lowest BCUT2D eigenvalue weighted by molar-refractivity contribution is 0.135. The highest BCUT2D eigenvalue weighted by Crippen LogP contribution is 2.40. The number of ether oxygens (including phenoxy) is 2. The zero-order chi connectivity index (χ0) is 25.1. The van der Waals surface area contributed by atoms with Crippen molar-refractivity contribution in [2.45, 2.75) is 25.3 Å². The van der Waals surface area contributed by atoms with Crippen LogP contribution in [0.2, 0.25) is 10.0 Å². The highest BCUT2D eigenvalue weighted by atomic mass is 35.5. The Morgan fingerprint density at radius 2 is 1.67 bits per heavy atom. The van der Waals surface area contributed by atoms with Gasteiger partial charge in [-0.1, -0.05) is 35.3 Å². The summed E-state index contributed by atoms with van der Waals surface area (Å²) in [6.07, 6.45) is 2.08. The summed E-state index contributed by atoms with van der Waals surface area (Å²) in [5.41, 5.74) is 4.06. The minimum atomic E-state index is -0.425. The van der Waals surface area contributed by atoms with Crippen LogP contribution < -0.4 is 9.47 Å². The van der Waals surface area contributed by atoms with E-state index in [2.05, 4.69) is 4.98 Å². The van der Waals surface area contributed by atoms with E-state index < -0.39 is 6.09 Å². The third-order valence-electron chi connectivity index (χ3n) is 6.33. The molecule has 1 unspecified atom stereocenters. The number of carbonyl (C=O) groups excluding carboxylic acids is 1. The standard InChI is InChI=1S/C28H25Cl3N2O3/c29-14-1-2-16-35-21-8-3-18(4-9-21)27-26-23(24-17-20(31)7-12-25(24)32-26)13-15-33(27)28(34)36-22-10-5-19(30)6-11-22/h3-12,17,27,32H,1-2,13-16H2. The van der Waals surface area contributed by atoms with E-state index in [1.807, 2.05) is 42.5 Å². The Morgan fingerprint density at radius 1 is 0.944 bits per heavy atom. The summed E-state index contributed by atoms with van der Waals surface area (Å²) < 4.78 is 11.6. The molecule has 1 atom stereocenters. The molecule has 3 aromatic carbocycles. The molecule has 1 aromatic heterocycles. The maximum absolute atomic E-state index is 13.4. The van der Waals surface area contributed by atoms with Gasteiger partial charge in [0, 0.05) is 39.1 Å². The number of nitrogens with one attached hydrogen (secondary N) is 1. The number of rotatable bonds is 7. The second kappa shape index (κ2) is 11.0. The van der Waals surface area contributed by atoms with Crippen LogP contribution in [0.15, 0.2) is 66.7 Å². The molecule has 186 valence electrons. The number of nitrogens with zero attached hydrogens (tertiary/aromatic N) is 1. The highest BCUT2D eigenvalue weighted by molar-refractivity contribution is 6.31. The predicted octanol–water partition coefficient (Wildman–Crippen LogP) is 8.02. The topological polar surface area (TPSA) is 54.6 Å². The fourth-order valence-electron chi connectivity index (χ4n) is 4.60. The summed E-state index contributed by atoms with van der Waals surface area (Å²) in [5.74, 6) is 1.85. The minimum absolute atomic E-state index is 0.356. The first-order chi connectivity index (χ1) is 17.5. The molecule has 8 heteroatoms. The maximum atomic E-state index is 13.4. The first-order valence-corrected chi connectivity index (χ1v) is 13.2. The van der Waals surface area contributed by atoms with Gasteiger partial charge in [0.1, 0.15) is 17.5 Å². The number of carbonyl (C=O) groups is 1. The molecule has 1 aliphatic heterocycles. The number of H-pyrrole nitrogens is 1. The molecule has 0 fully saturated rings. The Bertz CT molecular complexity index is 1350. The summed E-state index contributed by atoms with van der Waals surface area (Å²) in [6, 6.07) is 20.1. The first-order valence-electron chi connectivity index (χ1n) is 11.9. The maximum Gasteiger partial charge on any atom is 0.416 e. The van der Waals surface area contributed by atoms with Gasteiger partial charge in [0.25, 0.3) is 0 Å². The summed E-state index contributed by atoms with van der Waals surface area (Å²) in [4.78, 5) is 18.7. The molecule has 4 aromatic rings. The van der Waals surface area contributed by atoms with Gasteiger partial charge in [0.2, 0.25) is 0 Å². The van der Waals surface area contributed by atoms with Gasteiger partial charge in [0.05, 0.1) is 6.61 Å². The van der Waals surface area contributed by atoms with Crippen LogP contribution in [0.4, 0.5) is 4.79 Å². The molecule has 0 spiro atoms. The van der Waals surface area contributed by atoms with E-state index in [0.717, 1.165) is 46.3 Å². The van der Waals surface area contributed by atoms with Gasteiger partial charge in [-0.3, -0.25) is 4.90 Å². The highest BCUT2D eigenvalue weighted by Gasteiger charge is 2.35. The summed E-state index contributed by atoms with van der Waals surface area (Å²) in [7, 11) is 0. The molecular formula is C28H25Cl3N2O3. The van der Waals surface area contributed by atoms with Crippen LogP contribution in [0, 0.1) is 0 Å². The largest absolute Gasteiger partial charge is 0.494 e. The molecule has 0 radical (unpaired) electrons. The zero-order valence-electron chi connectivity index (χ0n) is 19.5. The number of aromatic nitrogens is 1. The molecule has 0 saturated heterocycles. The van der Waals surface area contributed by atoms with Crippen LogP contribution in [-0.2, 0) is 6.42 Å². The van der Waals surface area contributed by atoms with Crippen LogP contribution in [0.3, 0.4) is 0 Å². The van der Waals surface area contributed by atoms with Crippen LogP contribution in [0.25, 0.3) is 10.9 Å². The smallest absolute Gasteiger partial charge is 0.416 e. The number of hydrogen-bond acceptors (Lipinski definition) is 3. The van der Waals surface area contributed by atoms with Gasteiger partial charge in [-0.25, -0.2) is 4.79 Å². The lowest BCUT2D eigenvalue weighted by Gasteiger charge is -2.35. The Morgan fingerprint density at radius 3 is 2.42 bits per heavy atom. The van der Waals surface area contributed by atoms with Crippen LogP contribution in [-0.4, -0.2) is 35.0 Å². The molecule has 2 heterocycles. The van der Waals surface area contributed by atoms with Crippen LogP contribution in [0.1, 0.15) is 35.7 Å². The average molecular weight is 544 g/mol. The number of fused-ring (bicyclic) bond motifs is 3. The van der Waals surface area contributed by atoms with E-state index >= 15 is 0 Å². The molecule has 0 bridgehead atoms. The van der Waals surface area contributed by atoms with Crippen molar-refractivity contribution < 1.29 is 14.3 Å². The molecule has 0 aliphatic carbocycles. The Labute approximate surface area is 224 Å². The Hall–Kier alpha value is -2.86. The van der Waals surface area contributed by atoms with E-state index in [-0.39, 0.29) is 6.04 Å². The van der Waals surface area contributed by atoms with Gasteiger partial charge in [-0.05, 0) is 85.0 Å². The number of benzene rings is 3. The van der Waals surface area contributed by atoms with Crippen molar-refractivity contribution >= 4 is 51.8 Å². The SMILES string of the molecule is O=C(Oc1ccc(Cl)cc1)N1CCc2c([nH]c3ccc(Cl)cc23)C1c1ccc(OCCCCCl)cc1. The van der Waals surface area contributed by atoms with Crippen LogP contribution in [0.5, 0.6) is 11.5 Å². The number of amides is 1. The molecule has 0 saturated carbocycles. The summed E-state index contributed by atoms with van der Waals surface area (Å²) >= 11 is 18.0. The lowest BCUT2D eigenvalue weighted by Crippen LogP contribution is -2.42. The zero-order valence-corrected chi connectivity index (χ0v) is 21.7.